The first-order valence-corrected chi connectivity index (χ1v) is 36.9. The molecular weight excluding hydrogens is 1410 g/mol. The lowest BCUT2D eigenvalue weighted by Crippen LogP contribution is -2.07. The largest absolute Gasteiger partial charge is 0.308 e. The van der Waals surface area contributed by atoms with E-state index in [1.807, 2.05) is 325 Å². The first-order chi connectivity index (χ1) is 56.2. The third-order valence-corrected chi connectivity index (χ3v) is 20.3. The van der Waals surface area contributed by atoms with Crippen molar-refractivity contribution < 1.29 is 8.78 Å². The van der Waals surface area contributed by atoms with Crippen molar-refractivity contribution in [1.29, 1.82) is 5.26 Å². The van der Waals surface area contributed by atoms with E-state index in [1.54, 1.807) is 12.1 Å². The summed E-state index contributed by atoms with van der Waals surface area (Å²) in [5.41, 5.74) is 11.1. The molecule has 0 radical (unpaired) electrons. The van der Waals surface area contributed by atoms with Gasteiger partial charge >= 0.3 is 0 Å². The van der Waals surface area contributed by atoms with Gasteiger partial charge in [-0.05, 0) is 48.5 Å². The predicted molar refractivity (Wildman–Crippen MR) is 444 cm³/mol. The minimum absolute atomic E-state index is 0.0837. The zero-order valence-electron chi connectivity index (χ0n) is 60.4. The summed E-state index contributed by atoms with van der Waals surface area (Å²) in [6.45, 7) is 0. The van der Waals surface area contributed by atoms with E-state index in [2.05, 4.69) is 6.07 Å². The van der Waals surface area contributed by atoms with Crippen LogP contribution in [0, 0.1) is 23.0 Å². The third-order valence-electron chi connectivity index (χ3n) is 20.3. The second-order valence-corrected chi connectivity index (χ2v) is 27.3. The quantitative estimate of drug-likeness (QED) is 0.0944. The second kappa shape index (κ2) is 28.6. The van der Waals surface area contributed by atoms with Crippen LogP contribution in [0.25, 0.3) is 203 Å². The number of hydrogen-bond donors (Lipinski definition) is 0. The number of aromatic nitrogens is 14. The van der Waals surface area contributed by atoms with E-state index in [0.717, 1.165) is 66.1 Å². The Morgan fingerprint density at radius 1 is 0.202 bits per heavy atom. The molecule has 0 atom stereocenters. The van der Waals surface area contributed by atoms with E-state index < -0.39 is 11.6 Å². The van der Waals surface area contributed by atoms with Gasteiger partial charge in [0.15, 0.2) is 69.9 Å². The highest BCUT2D eigenvalue weighted by atomic mass is 19.1. The Bertz CT molecular complexity index is 6160. The SMILES string of the molecule is N#Cc1cc(-n2c3cc(-c4nc(-c5ccccc5)nc(-c5ccccc5)n4)ccc3c3ccc(-c4nc(-c5ccccc5)nc(-c5ccccc5)n4)cc32)c(-c2c(F)cccc2F)c(-n2c3cc(-c4nc(-c5ccccc5)nc(-c5ccccc5)n4)ccc3c3ccc(-c4nc(-c5ccccc5)nc(-c5ccccc5)n4)cc32)c1. The van der Waals surface area contributed by atoms with Gasteiger partial charge in [0.05, 0.1) is 50.6 Å². The molecule has 0 aliphatic rings. The Hall–Kier alpha value is -15.9. The van der Waals surface area contributed by atoms with Gasteiger partial charge in [0.25, 0.3) is 0 Å². The Morgan fingerprint density at radius 3 is 0.588 bits per heavy atom. The van der Waals surface area contributed by atoms with Crippen LogP contribution in [0.1, 0.15) is 5.56 Å². The topological polar surface area (TPSA) is 188 Å². The molecule has 20 rings (SSSR count). The van der Waals surface area contributed by atoms with E-state index in [9.17, 15) is 5.26 Å². The second-order valence-electron chi connectivity index (χ2n) is 27.3. The van der Waals surface area contributed by atoms with Gasteiger partial charge in [0.1, 0.15) is 11.6 Å². The van der Waals surface area contributed by atoms with E-state index in [-0.39, 0.29) is 28.1 Å². The van der Waals surface area contributed by atoms with Crippen molar-refractivity contribution in [2.75, 3.05) is 0 Å². The van der Waals surface area contributed by atoms with Crippen molar-refractivity contribution in [2.45, 2.75) is 0 Å². The maximum atomic E-state index is 18.4. The van der Waals surface area contributed by atoms with Crippen LogP contribution < -0.4 is 0 Å². The van der Waals surface area contributed by atoms with Gasteiger partial charge in [0.2, 0.25) is 0 Å². The zero-order valence-corrected chi connectivity index (χ0v) is 60.4. The first-order valence-electron chi connectivity index (χ1n) is 36.9. The van der Waals surface area contributed by atoms with Crippen LogP contribution in [0.2, 0.25) is 0 Å². The van der Waals surface area contributed by atoms with Gasteiger partial charge < -0.3 is 9.13 Å². The lowest BCUT2D eigenvalue weighted by Gasteiger charge is -2.22. The first kappa shape index (κ1) is 67.4. The lowest BCUT2D eigenvalue weighted by molar-refractivity contribution is 0.589. The molecule has 0 saturated carbocycles. The summed E-state index contributed by atoms with van der Waals surface area (Å²) in [5.74, 6) is 3.24. The van der Waals surface area contributed by atoms with Gasteiger partial charge in [-0.1, -0.05) is 297 Å². The highest BCUT2D eigenvalue weighted by Gasteiger charge is 2.30. The summed E-state index contributed by atoms with van der Waals surface area (Å²) < 4.78 is 40.7. The number of nitriles is 1. The Morgan fingerprint density at radius 2 is 0.395 bits per heavy atom. The number of nitrogens with zero attached hydrogens (tertiary/aromatic N) is 15. The van der Waals surface area contributed by atoms with Crippen LogP contribution in [0.15, 0.2) is 346 Å². The summed E-state index contributed by atoms with van der Waals surface area (Å²) in [6, 6.07) is 112. The number of rotatable bonds is 15. The van der Waals surface area contributed by atoms with Gasteiger partial charge in [-0.3, -0.25) is 0 Å². The minimum atomic E-state index is -0.871. The van der Waals surface area contributed by atoms with E-state index in [4.69, 9.17) is 59.8 Å². The van der Waals surface area contributed by atoms with E-state index in [1.165, 1.54) is 18.2 Å². The lowest BCUT2D eigenvalue weighted by atomic mass is 9.97. The normalized spacial score (nSPS) is 11.4. The molecule has 0 aliphatic heterocycles. The highest BCUT2D eigenvalue weighted by molar-refractivity contribution is 6.14. The number of hydrogen-bond acceptors (Lipinski definition) is 13. The molecule has 6 aromatic heterocycles. The molecule has 14 aromatic carbocycles. The standard InChI is InChI=1S/C97H57F2N15/c98-76-42-25-43-77(99)84(76)85-82(113-78-54-68(94-105-86(60-26-9-1-10-27-60)101-87(106-94)61-28-11-2-12-29-61)44-48-72(78)73-49-45-69(55-79(73)113)95-107-88(62-30-13-3-14-31-62)102-89(108-95)63-32-15-4-16-33-63)52-59(58-100)53-83(85)114-80-56-70(96-109-90(64-34-17-5-18-35-64)103-91(110-96)65-36-19-6-20-37-65)46-50-74(80)75-51-47-71(57-81(75)114)97-111-92(66-38-21-7-22-39-66)104-93(112-97)67-40-23-8-24-41-67/h1-57H. The van der Waals surface area contributed by atoms with Crippen molar-refractivity contribution >= 4 is 43.6 Å². The summed E-state index contributed by atoms with van der Waals surface area (Å²) in [4.78, 5) is 62.0. The highest BCUT2D eigenvalue weighted by Crippen LogP contribution is 2.47. The van der Waals surface area contributed by atoms with Crippen LogP contribution in [0.4, 0.5) is 8.78 Å². The fraction of sp³-hybridized carbons (Fsp3) is 0. The van der Waals surface area contributed by atoms with Gasteiger partial charge in [-0.15, -0.1) is 0 Å². The zero-order chi connectivity index (χ0) is 76.2. The smallest absolute Gasteiger partial charge is 0.164 e. The van der Waals surface area contributed by atoms with Crippen LogP contribution in [0.3, 0.4) is 0 Å². The van der Waals surface area contributed by atoms with E-state index in [0.29, 0.717) is 114 Å². The monoisotopic (exact) mass is 1470 g/mol. The molecule has 0 spiro atoms. The maximum Gasteiger partial charge on any atom is 0.164 e. The van der Waals surface area contributed by atoms with E-state index >= 15 is 8.78 Å². The molecule has 114 heavy (non-hydrogen) atoms. The molecule has 17 heteroatoms. The molecule has 0 bridgehead atoms. The molecule has 20 aromatic rings. The molecule has 0 fully saturated rings. The van der Waals surface area contributed by atoms with Crippen molar-refractivity contribution in [3.05, 3.63) is 363 Å². The fourth-order valence-electron chi connectivity index (χ4n) is 14.9. The van der Waals surface area contributed by atoms with Crippen molar-refractivity contribution in [3.63, 3.8) is 0 Å². The molecule has 15 nitrogen and oxygen atoms in total. The van der Waals surface area contributed by atoms with Crippen molar-refractivity contribution in [2.24, 2.45) is 0 Å². The van der Waals surface area contributed by atoms with Crippen molar-refractivity contribution in [1.82, 2.24) is 68.9 Å². The summed E-state index contributed by atoms with van der Waals surface area (Å²) in [7, 11) is 0. The number of benzene rings is 14. The Balaban J connectivity index is 0.907. The molecule has 0 amide bonds. The Labute approximate surface area is 651 Å². The molecule has 0 saturated heterocycles. The fourth-order valence-corrected chi connectivity index (χ4v) is 14.9. The van der Waals surface area contributed by atoms with Gasteiger partial charge in [-0.2, -0.15) is 5.26 Å². The molecule has 0 unspecified atom stereocenters. The predicted octanol–water partition coefficient (Wildman–Crippen LogP) is 22.4. The maximum absolute atomic E-state index is 18.4. The van der Waals surface area contributed by atoms with Gasteiger partial charge in [-0.25, -0.2) is 68.6 Å². The molecule has 6 heterocycles. The average Bonchev–Trinajstić information content (AvgIpc) is 1.53. The average molecular weight is 1470 g/mol. The summed E-state index contributed by atoms with van der Waals surface area (Å²) in [5, 5.41) is 14.9. The van der Waals surface area contributed by atoms with Gasteiger partial charge in [0, 0.05) is 93.9 Å². The van der Waals surface area contributed by atoms with Crippen LogP contribution in [0.5, 0.6) is 0 Å². The number of halogens is 2. The summed E-state index contributed by atoms with van der Waals surface area (Å²) >= 11 is 0. The van der Waals surface area contributed by atoms with Crippen LogP contribution in [-0.4, -0.2) is 68.9 Å². The molecule has 534 valence electrons. The minimum Gasteiger partial charge on any atom is -0.308 e. The Kier molecular flexibility index (Phi) is 16.9. The summed E-state index contributed by atoms with van der Waals surface area (Å²) in [6.07, 6.45) is 0. The molecular formula is C97H57F2N15. The van der Waals surface area contributed by atoms with Crippen LogP contribution >= 0.6 is 0 Å². The molecule has 0 N–H and O–H groups in total. The van der Waals surface area contributed by atoms with Crippen LogP contribution in [-0.2, 0) is 0 Å². The third kappa shape index (κ3) is 12.5. The number of fused-ring (bicyclic) bond motifs is 6. The molecule has 0 aliphatic carbocycles. The van der Waals surface area contributed by atoms with Crippen molar-refractivity contribution in [3.8, 4) is 165 Å².